The zero-order valence-corrected chi connectivity index (χ0v) is 20.2. The molecule has 1 heterocycles. The maximum absolute atomic E-state index is 13.9. The highest BCUT2D eigenvalue weighted by atomic mass is 19.4. The number of hydrogen-bond acceptors (Lipinski definition) is 2. The number of nitrogens with zero attached hydrogens (tertiary/aromatic N) is 1. The van der Waals surface area contributed by atoms with Crippen LogP contribution in [-0.2, 0) is 30.4 Å². The van der Waals surface area contributed by atoms with E-state index in [0.29, 0.717) is 24.9 Å². The van der Waals surface area contributed by atoms with Crippen molar-refractivity contribution in [2.24, 2.45) is 11.3 Å². The van der Waals surface area contributed by atoms with Crippen molar-refractivity contribution in [3.8, 4) is 0 Å². The normalized spacial score (nSPS) is 26.2. The molecule has 5 rings (SSSR count). The summed E-state index contributed by atoms with van der Waals surface area (Å²) in [6, 6.07) is 9.22. The molecule has 2 aliphatic carbocycles. The molecule has 1 N–H and O–H groups in total. The number of nitrogens with one attached hydrogen (secondary N) is 1. The van der Waals surface area contributed by atoms with Crippen LogP contribution in [0.25, 0.3) is 0 Å². The van der Waals surface area contributed by atoms with E-state index in [4.69, 9.17) is 0 Å². The second-order valence-electron chi connectivity index (χ2n) is 10.8. The molecule has 2 aromatic rings. The fourth-order valence-electron chi connectivity index (χ4n) is 6.45. The highest BCUT2D eigenvalue weighted by molar-refractivity contribution is 5.84. The van der Waals surface area contributed by atoms with Crippen LogP contribution < -0.4 is 5.32 Å². The van der Waals surface area contributed by atoms with E-state index in [0.717, 1.165) is 48.4 Å². The summed E-state index contributed by atoms with van der Waals surface area (Å²) in [7, 11) is 0. The second-order valence-corrected chi connectivity index (χ2v) is 10.8. The van der Waals surface area contributed by atoms with E-state index in [1.165, 1.54) is 12.1 Å². The molecule has 188 valence electrons. The minimum absolute atomic E-state index is 0.0637. The van der Waals surface area contributed by atoms with Gasteiger partial charge >= 0.3 is 6.18 Å². The first-order chi connectivity index (χ1) is 16.6. The zero-order valence-electron chi connectivity index (χ0n) is 20.2. The predicted molar refractivity (Wildman–Crippen MR) is 126 cm³/mol. The third kappa shape index (κ3) is 4.48. The highest BCUT2D eigenvalue weighted by Gasteiger charge is 2.50. The Balaban J connectivity index is 1.31. The van der Waals surface area contributed by atoms with Crippen molar-refractivity contribution in [3.05, 3.63) is 70.0 Å². The summed E-state index contributed by atoms with van der Waals surface area (Å²) in [6.45, 7) is 4.92. The Kier molecular flexibility index (Phi) is 6.19. The Hall–Kier alpha value is -2.41. The minimum atomic E-state index is -4.39. The quantitative estimate of drug-likeness (QED) is 0.520. The van der Waals surface area contributed by atoms with Gasteiger partial charge in [0.05, 0.1) is 11.0 Å². The fourth-order valence-corrected chi connectivity index (χ4v) is 6.45. The molecule has 0 radical (unpaired) electrons. The molecule has 7 heteroatoms. The first-order valence-electron chi connectivity index (χ1n) is 12.6. The van der Waals surface area contributed by atoms with Crippen LogP contribution in [0.4, 0.5) is 17.6 Å². The first kappa shape index (κ1) is 24.3. The number of rotatable bonds is 4. The van der Waals surface area contributed by atoms with Crippen LogP contribution in [0.3, 0.4) is 0 Å². The van der Waals surface area contributed by atoms with Gasteiger partial charge in [-0.05, 0) is 91.0 Å². The Bertz CT molecular complexity index is 1130. The zero-order chi connectivity index (χ0) is 25.0. The number of carbonyl (C=O) groups excluding carboxylic acids is 1. The van der Waals surface area contributed by atoms with Gasteiger partial charge in [0.1, 0.15) is 5.82 Å². The van der Waals surface area contributed by atoms with Gasteiger partial charge in [-0.3, -0.25) is 4.79 Å². The summed E-state index contributed by atoms with van der Waals surface area (Å²) in [5.74, 6) is -0.0245. The molecule has 0 bridgehead atoms. The molecular formula is C28H32F4N2O. The predicted octanol–water partition coefficient (Wildman–Crippen LogP) is 6.20. The van der Waals surface area contributed by atoms with Crippen LogP contribution in [-0.4, -0.2) is 23.4 Å². The third-order valence-electron chi connectivity index (χ3n) is 8.53. The molecular weight excluding hydrogens is 456 g/mol. The Labute approximate surface area is 203 Å². The standard InChI is InChI=1S/C28H32F4N2O/c1-17(2)27(11-9-23(15-27)33-25-8-4-19-14-22(29)6-7-24(19)25)26(35)34-12-10-18-3-5-21(28(30,31)32)13-20(18)16-34/h3,5-7,13-14,17,23,25,33H,4,8-12,15-16H2,1-2H3/t23-,25?,27+/m1/s1. The second kappa shape index (κ2) is 8.91. The van der Waals surface area contributed by atoms with Gasteiger partial charge in [-0.15, -0.1) is 0 Å². The molecule has 1 aliphatic heterocycles. The average molecular weight is 489 g/mol. The number of carbonyl (C=O) groups is 1. The average Bonchev–Trinajstić information content (AvgIpc) is 3.42. The van der Waals surface area contributed by atoms with Crippen molar-refractivity contribution in [1.29, 1.82) is 0 Å². The number of amides is 1. The molecule has 1 unspecified atom stereocenters. The third-order valence-corrected chi connectivity index (χ3v) is 8.53. The lowest BCUT2D eigenvalue weighted by Crippen LogP contribution is -2.48. The molecule has 0 spiro atoms. The summed E-state index contributed by atoms with van der Waals surface area (Å²) in [6.07, 6.45) is 0.291. The van der Waals surface area contributed by atoms with Crippen molar-refractivity contribution in [3.63, 3.8) is 0 Å². The molecule has 2 aromatic carbocycles. The monoisotopic (exact) mass is 488 g/mol. The fraction of sp³-hybridized carbons (Fsp3) is 0.536. The summed E-state index contributed by atoms with van der Waals surface area (Å²) in [5.41, 5.74) is 2.50. The Morgan fingerprint density at radius 1 is 1.06 bits per heavy atom. The van der Waals surface area contributed by atoms with Crippen molar-refractivity contribution in [2.75, 3.05) is 6.54 Å². The van der Waals surface area contributed by atoms with Crippen LogP contribution in [0.2, 0.25) is 0 Å². The van der Waals surface area contributed by atoms with Gasteiger partial charge in [0.2, 0.25) is 5.91 Å². The SMILES string of the molecule is CC(C)[C@]1(C(=O)N2CCc3ccc(C(F)(F)F)cc3C2)CC[C@@H](NC2CCc3cc(F)ccc32)C1. The lowest BCUT2D eigenvalue weighted by molar-refractivity contribution is -0.145. The number of aryl methyl sites for hydroxylation is 1. The van der Waals surface area contributed by atoms with E-state index in [2.05, 4.69) is 19.2 Å². The summed E-state index contributed by atoms with van der Waals surface area (Å²) in [4.78, 5) is 15.7. The van der Waals surface area contributed by atoms with Gasteiger partial charge < -0.3 is 10.2 Å². The first-order valence-corrected chi connectivity index (χ1v) is 12.6. The van der Waals surface area contributed by atoms with Gasteiger partial charge in [-0.1, -0.05) is 26.0 Å². The maximum Gasteiger partial charge on any atom is 0.416 e. The Morgan fingerprint density at radius 2 is 1.86 bits per heavy atom. The van der Waals surface area contributed by atoms with Gasteiger partial charge in [0.15, 0.2) is 0 Å². The van der Waals surface area contributed by atoms with Gasteiger partial charge in [-0.25, -0.2) is 4.39 Å². The lowest BCUT2D eigenvalue weighted by atomic mass is 9.73. The Morgan fingerprint density at radius 3 is 2.60 bits per heavy atom. The van der Waals surface area contributed by atoms with Crippen LogP contribution in [0.1, 0.15) is 73.4 Å². The molecule has 3 aliphatic rings. The summed E-state index contributed by atoms with van der Waals surface area (Å²) < 4.78 is 53.3. The van der Waals surface area contributed by atoms with Crippen LogP contribution in [0.5, 0.6) is 0 Å². The number of alkyl halides is 3. The molecule has 0 saturated heterocycles. The molecule has 1 fully saturated rings. The minimum Gasteiger partial charge on any atom is -0.338 e. The number of benzene rings is 2. The van der Waals surface area contributed by atoms with Crippen molar-refractivity contribution in [1.82, 2.24) is 10.2 Å². The van der Waals surface area contributed by atoms with E-state index >= 15 is 0 Å². The van der Waals surface area contributed by atoms with Crippen molar-refractivity contribution in [2.45, 2.75) is 77.2 Å². The van der Waals surface area contributed by atoms with Crippen LogP contribution >= 0.6 is 0 Å². The van der Waals surface area contributed by atoms with E-state index in [9.17, 15) is 22.4 Å². The summed E-state index contributed by atoms with van der Waals surface area (Å²) >= 11 is 0. The van der Waals surface area contributed by atoms with Crippen LogP contribution in [0, 0.1) is 17.2 Å². The maximum atomic E-state index is 13.9. The van der Waals surface area contributed by atoms with E-state index in [-0.39, 0.29) is 36.3 Å². The van der Waals surface area contributed by atoms with E-state index < -0.39 is 17.2 Å². The molecule has 0 aromatic heterocycles. The topological polar surface area (TPSA) is 32.3 Å². The van der Waals surface area contributed by atoms with Crippen molar-refractivity contribution < 1.29 is 22.4 Å². The molecule has 3 atom stereocenters. The van der Waals surface area contributed by atoms with Gasteiger partial charge in [-0.2, -0.15) is 13.2 Å². The molecule has 3 nitrogen and oxygen atoms in total. The van der Waals surface area contributed by atoms with E-state index in [1.54, 1.807) is 17.0 Å². The van der Waals surface area contributed by atoms with Crippen molar-refractivity contribution >= 4 is 5.91 Å². The molecule has 35 heavy (non-hydrogen) atoms. The van der Waals surface area contributed by atoms with E-state index in [1.807, 2.05) is 6.07 Å². The largest absolute Gasteiger partial charge is 0.416 e. The van der Waals surface area contributed by atoms with Gasteiger partial charge in [0.25, 0.3) is 0 Å². The number of fused-ring (bicyclic) bond motifs is 2. The number of halogens is 4. The summed E-state index contributed by atoms with van der Waals surface area (Å²) in [5, 5.41) is 3.74. The molecule has 1 saturated carbocycles. The lowest BCUT2D eigenvalue weighted by Gasteiger charge is -2.40. The van der Waals surface area contributed by atoms with Gasteiger partial charge in [0, 0.05) is 25.2 Å². The molecule has 1 amide bonds. The number of hydrogen-bond donors (Lipinski definition) is 1. The smallest absolute Gasteiger partial charge is 0.338 e. The van der Waals surface area contributed by atoms with Crippen LogP contribution in [0.15, 0.2) is 36.4 Å². The highest BCUT2D eigenvalue weighted by Crippen LogP contribution is 2.47.